The fourth-order valence-corrected chi connectivity index (χ4v) is 3.09. The molecule has 1 heterocycles. The third-order valence-corrected chi connectivity index (χ3v) is 5.09. The van der Waals surface area contributed by atoms with E-state index >= 15 is 0 Å². The molecule has 1 unspecified atom stereocenters. The van der Waals surface area contributed by atoms with Crippen LogP contribution in [-0.2, 0) is 23.9 Å². The summed E-state index contributed by atoms with van der Waals surface area (Å²) < 4.78 is 11.0. The molecule has 2 rings (SSSR count). The summed E-state index contributed by atoms with van der Waals surface area (Å²) in [6, 6.07) is 0. The summed E-state index contributed by atoms with van der Waals surface area (Å²) in [6.07, 6.45) is 2.81. The van der Waals surface area contributed by atoms with Crippen LogP contribution in [0.25, 0.3) is 0 Å². The molecule has 0 aromatic rings. The minimum Gasteiger partial charge on any atom is -0.461 e. The first-order valence-electron chi connectivity index (χ1n) is 8.89. The van der Waals surface area contributed by atoms with Crippen molar-refractivity contribution in [3.63, 3.8) is 0 Å². The Hall–Kier alpha value is -2.21. The number of esters is 2. The van der Waals surface area contributed by atoms with E-state index in [1.807, 2.05) is 6.92 Å². The summed E-state index contributed by atoms with van der Waals surface area (Å²) in [6.45, 7) is 9.18. The molecule has 1 saturated heterocycles. The molecule has 1 aliphatic carbocycles. The first-order chi connectivity index (χ1) is 12.3. The van der Waals surface area contributed by atoms with Gasteiger partial charge in [-0.2, -0.15) is 0 Å². The average Bonchev–Trinajstić information content (AvgIpc) is 2.89. The molecule has 5 atom stereocenters. The van der Waals surface area contributed by atoms with E-state index in [-0.39, 0.29) is 30.3 Å². The number of hydrogen-bond acceptors (Lipinski definition) is 6. The zero-order valence-corrected chi connectivity index (χ0v) is 15.4. The highest BCUT2D eigenvalue weighted by molar-refractivity contribution is 5.91. The predicted molar refractivity (Wildman–Crippen MR) is 95.0 cm³/mol. The largest absolute Gasteiger partial charge is 0.461 e. The summed E-state index contributed by atoms with van der Waals surface area (Å²) in [5.41, 5.74) is 1.24. The first-order valence-corrected chi connectivity index (χ1v) is 8.89. The van der Waals surface area contributed by atoms with Gasteiger partial charge in [0.05, 0.1) is 17.9 Å². The number of carbonyl (C=O) groups excluding carboxylic acids is 3. The van der Waals surface area contributed by atoms with E-state index in [4.69, 9.17) is 9.47 Å². The van der Waals surface area contributed by atoms with Crippen LogP contribution in [0.4, 0.5) is 0 Å². The topological polar surface area (TPSA) is 89.9 Å². The number of carbonyl (C=O) groups is 3. The van der Waals surface area contributed by atoms with Crippen LogP contribution in [0.5, 0.6) is 0 Å². The summed E-state index contributed by atoms with van der Waals surface area (Å²) in [4.78, 5) is 35.8. The molecule has 0 spiro atoms. The Labute approximate surface area is 153 Å². The molecule has 0 aromatic heterocycles. The third kappa shape index (κ3) is 4.30. The standard InChI is InChI=1S/C20H26O6/c1-5-11(2)19(23)25-17-9-14(10-21)6-7-15(22)12(3)8-16-18(17)13(4)20(24)26-16/h6,8,10-11,15-18,22H,4-5,7,9H2,1-3H3/b12-8+,14-6+/t11?,15-,16+,17+,18-/m0/s1. The fourth-order valence-electron chi connectivity index (χ4n) is 3.09. The molecule has 0 radical (unpaired) electrons. The normalized spacial score (nSPS) is 34.5. The fraction of sp³-hybridized carbons (Fsp3) is 0.550. The SMILES string of the molecule is C=C1C(=O)O[C@@H]2/C=C(\C)[C@@H](O)C/C=C(/C=O)C[C@@H](OC(=O)C(C)CC)[C@@H]12. The van der Waals surface area contributed by atoms with E-state index in [9.17, 15) is 19.5 Å². The van der Waals surface area contributed by atoms with Crippen LogP contribution < -0.4 is 0 Å². The molecule has 1 N–H and O–H groups in total. The quantitative estimate of drug-likeness (QED) is 0.357. The second-order valence-electron chi connectivity index (χ2n) is 6.97. The van der Waals surface area contributed by atoms with Gasteiger partial charge in [-0.1, -0.05) is 26.5 Å². The molecule has 0 amide bonds. The molecular formula is C20H26O6. The lowest BCUT2D eigenvalue weighted by molar-refractivity contribution is -0.156. The monoisotopic (exact) mass is 362 g/mol. The van der Waals surface area contributed by atoms with E-state index < -0.39 is 30.2 Å². The molecule has 0 aromatic carbocycles. The zero-order chi connectivity index (χ0) is 19.4. The zero-order valence-electron chi connectivity index (χ0n) is 15.4. The molecular weight excluding hydrogens is 336 g/mol. The molecule has 1 fully saturated rings. The van der Waals surface area contributed by atoms with Crippen molar-refractivity contribution in [1.82, 2.24) is 0 Å². The van der Waals surface area contributed by atoms with Crippen molar-refractivity contribution in [1.29, 1.82) is 0 Å². The van der Waals surface area contributed by atoms with E-state index in [1.165, 1.54) is 0 Å². The molecule has 0 saturated carbocycles. The highest BCUT2D eigenvalue weighted by Crippen LogP contribution is 2.36. The second kappa shape index (κ2) is 8.45. The van der Waals surface area contributed by atoms with Crippen molar-refractivity contribution >= 4 is 18.2 Å². The highest BCUT2D eigenvalue weighted by atomic mass is 16.6. The molecule has 6 nitrogen and oxygen atoms in total. The summed E-state index contributed by atoms with van der Waals surface area (Å²) in [5.74, 6) is -1.83. The minimum atomic E-state index is -0.780. The molecule has 2 aliphatic rings. The van der Waals surface area contributed by atoms with Gasteiger partial charge in [-0.25, -0.2) is 4.79 Å². The maximum Gasteiger partial charge on any atom is 0.334 e. The Kier molecular flexibility index (Phi) is 6.53. The van der Waals surface area contributed by atoms with Crippen molar-refractivity contribution in [3.8, 4) is 0 Å². The summed E-state index contributed by atoms with van der Waals surface area (Å²) in [5, 5.41) is 10.2. The van der Waals surface area contributed by atoms with Gasteiger partial charge in [0, 0.05) is 12.0 Å². The summed E-state index contributed by atoms with van der Waals surface area (Å²) >= 11 is 0. The molecule has 0 bridgehead atoms. The van der Waals surface area contributed by atoms with Gasteiger partial charge in [0.15, 0.2) is 0 Å². The number of aliphatic hydroxyl groups is 1. The lowest BCUT2D eigenvalue weighted by Crippen LogP contribution is -2.35. The number of fused-ring (bicyclic) bond motifs is 1. The van der Waals surface area contributed by atoms with Gasteiger partial charge in [0.2, 0.25) is 0 Å². The number of aliphatic hydroxyl groups excluding tert-OH is 1. The maximum atomic E-state index is 12.3. The van der Waals surface area contributed by atoms with Crippen LogP contribution in [0.2, 0.25) is 0 Å². The van der Waals surface area contributed by atoms with Gasteiger partial charge in [-0.3, -0.25) is 9.59 Å². The van der Waals surface area contributed by atoms with E-state index in [2.05, 4.69) is 6.58 Å². The van der Waals surface area contributed by atoms with Crippen molar-refractivity contribution in [2.75, 3.05) is 0 Å². The molecule has 1 aliphatic heterocycles. The van der Waals surface area contributed by atoms with Crippen LogP contribution in [0, 0.1) is 11.8 Å². The lowest BCUT2D eigenvalue weighted by atomic mass is 9.85. The smallest absolute Gasteiger partial charge is 0.334 e. The van der Waals surface area contributed by atoms with Crippen LogP contribution in [0.1, 0.15) is 40.0 Å². The van der Waals surface area contributed by atoms with Gasteiger partial charge in [-0.15, -0.1) is 0 Å². The number of aldehydes is 1. The second-order valence-corrected chi connectivity index (χ2v) is 6.97. The van der Waals surface area contributed by atoms with E-state index in [0.717, 1.165) is 0 Å². The molecule has 6 heteroatoms. The summed E-state index contributed by atoms with van der Waals surface area (Å²) in [7, 11) is 0. The van der Waals surface area contributed by atoms with Gasteiger partial charge in [0.1, 0.15) is 18.5 Å². The van der Waals surface area contributed by atoms with Crippen molar-refractivity contribution in [2.45, 2.75) is 58.3 Å². The van der Waals surface area contributed by atoms with Gasteiger partial charge >= 0.3 is 11.9 Å². The Morgan fingerprint density at radius 2 is 2.23 bits per heavy atom. The lowest BCUT2D eigenvalue weighted by Gasteiger charge is -2.28. The Morgan fingerprint density at radius 3 is 2.85 bits per heavy atom. The van der Waals surface area contributed by atoms with Gasteiger partial charge in [0.25, 0.3) is 0 Å². The van der Waals surface area contributed by atoms with Crippen molar-refractivity contribution in [3.05, 3.63) is 35.5 Å². The number of hydrogen-bond donors (Lipinski definition) is 1. The number of ether oxygens (including phenoxy) is 2. The predicted octanol–water partition coefficient (Wildman–Crippen LogP) is 2.27. The van der Waals surface area contributed by atoms with Crippen LogP contribution >= 0.6 is 0 Å². The third-order valence-electron chi connectivity index (χ3n) is 5.09. The van der Waals surface area contributed by atoms with Gasteiger partial charge in [-0.05, 0) is 37.0 Å². The van der Waals surface area contributed by atoms with Crippen LogP contribution in [-0.4, -0.2) is 41.6 Å². The Morgan fingerprint density at radius 1 is 1.54 bits per heavy atom. The highest BCUT2D eigenvalue weighted by Gasteiger charge is 2.45. The van der Waals surface area contributed by atoms with Crippen molar-refractivity contribution < 1.29 is 29.0 Å². The maximum absolute atomic E-state index is 12.3. The van der Waals surface area contributed by atoms with E-state index in [0.29, 0.717) is 23.9 Å². The van der Waals surface area contributed by atoms with Crippen molar-refractivity contribution in [2.24, 2.45) is 11.8 Å². The minimum absolute atomic E-state index is 0.141. The first kappa shape index (κ1) is 20.1. The Balaban J connectivity index is 2.43. The van der Waals surface area contributed by atoms with E-state index in [1.54, 1.807) is 26.0 Å². The Bertz CT molecular complexity index is 659. The number of rotatable bonds is 4. The molecule has 142 valence electrons. The van der Waals surface area contributed by atoms with Crippen LogP contribution in [0.15, 0.2) is 35.5 Å². The van der Waals surface area contributed by atoms with Crippen LogP contribution in [0.3, 0.4) is 0 Å². The van der Waals surface area contributed by atoms with Gasteiger partial charge < -0.3 is 14.6 Å². The molecule has 26 heavy (non-hydrogen) atoms. The average molecular weight is 362 g/mol.